The Morgan fingerprint density at radius 3 is 2.80 bits per heavy atom. The Morgan fingerprint density at radius 1 is 1.25 bits per heavy atom. The standard InChI is InChI=1S/C15H10BrIN2O/c16-9-4-5-12-11(7-9)13(15(20)19-12)14(18)8-2-1-3-10(17)6-8/h1-7,13,18H,(H,19,20). The summed E-state index contributed by atoms with van der Waals surface area (Å²) in [5.74, 6) is -0.678. The number of carbonyl (C=O) groups excluding carboxylic acids is 1. The highest BCUT2D eigenvalue weighted by Gasteiger charge is 2.34. The summed E-state index contributed by atoms with van der Waals surface area (Å²) in [6.45, 7) is 0. The molecule has 1 aliphatic rings. The van der Waals surface area contributed by atoms with Gasteiger partial charge in [-0.25, -0.2) is 0 Å². The van der Waals surface area contributed by atoms with Crippen molar-refractivity contribution >= 4 is 55.8 Å². The zero-order valence-corrected chi connectivity index (χ0v) is 14.0. The van der Waals surface area contributed by atoms with E-state index in [0.29, 0.717) is 5.71 Å². The van der Waals surface area contributed by atoms with Gasteiger partial charge in [0.2, 0.25) is 5.91 Å². The summed E-state index contributed by atoms with van der Waals surface area (Å²) < 4.78 is 1.96. The lowest BCUT2D eigenvalue weighted by Gasteiger charge is -2.11. The largest absolute Gasteiger partial charge is 0.325 e. The quantitative estimate of drug-likeness (QED) is 0.534. The van der Waals surface area contributed by atoms with Crippen LogP contribution in [0.15, 0.2) is 46.9 Å². The molecular weight excluding hydrogens is 431 g/mol. The molecule has 0 aromatic heterocycles. The van der Waals surface area contributed by atoms with Crippen molar-refractivity contribution in [3.63, 3.8) is 0 Å². The number of hydrogen-bond donors (Lipinski definition) is 2. The smallest absolute Gasteiger partial charge is 0.238 e. The first-order valence-corrected chi connectivity index (χ1v) is 7.88. The predicted molar refractivity (Wildman–Crippen MR) is 91.5 cm³/mol. The first-order valence-electron chi connectivity index (χ1n) is 6.01. The molecule has 3 rings (SSSR count). The number of benzene rings is 2. The SMILES string of the molecule is N=C(c1cccc(I)c1)C1C(=O)Nc2ccc(Br)cc21. The zero-order chi connectivity index (χ0) is 14.3. The molecule has 20 heavy (non-hydrogen) atoms. The normalized spacial score (nSPS) is 16.7. The van der Waals surface area contributed by atoms with Gasteiger partial charge in [-0.3, -0.25) is 4.79 Å². The molecule has 5 heteroatoms. The Kier molecular flexibility index (Phi) is 3.64. The van der Waals surface area contributed by atoms with Crippen LogP contribution < -0.4 is 5.32 Å². The Balaban J connectivity index is 2.05. The van der Waals surface area contributed by atoms with Crippen molar-refractivity contribution in [2.75, 3.05) is 5.32 Å². The van der Waals surface area contributed by atoms with Crippen LogP contribution in [0, 0.1) is 8.98 Å². The molecule has 1 amide bonds. The van der Waals surface area contributed by atoms with E-state index in [-0.39, 0.29) is 5.91 Å². The lowest BCUT2D eigenvalue weighted by atomic mass is 9.91. The van der Waals surface area contributed by atoms with Gasteiger partial charge in [0.25, 0.3) is 0 Å². The lowest BCUT2D eigenvalue weighted by Crippen LogP contribution is -2.21. The average Bonchev–Trinajstić information content (AvgIpc) is 2.73. The number of nitrogens with one attached hydrogen (secondary N) is 2. The minimum absolute atomic E-state index is 0.137. The van der Waals surface area contributed by atoms with E-state index in [2.05, 4.69) is 43.8 Å². The van der Waals surface area contributed by atoms with Crippen LogP contribution in [0.3, 0.4) is 0 Å². The number of hydrogen-bond acceptors (Lipinski definition) is 2. The Bertz CT molecular complexity index is 730. The molecule has 1 unspecified atom stereocenters. The number of rotatable bonds is 2. The molecule has 0 spiro atoms. The van der Waals surface area contributed by atoms with Crippen LogP contribution in [0.4, 0.5) is 5.69 Å². The van der Waals surface area contributed by atoms with Crippen LogP contribution in [0.5, 0.6) is 0 Å². The summed E-state index contributed by atoms with van der Waals surface area (Å²) in [6, 6.07) is 13.3. The third-order valence-corrected chi connectivity index (χ3v) is 4.43. The minimum Gasteiger partial charge on any atom is -0.325 e. The van der Waals surface area contributed by atoms with Crippen LogP contribution in [-0.4, -0.2) is 11.6 Å². The number of amides is 1. The zero-order valence-electron chi connectivity index (χ0n) is 10.3. The molecule has 1 atom stereocenters. The second-order valence-electron chi connectivity index (χ2n) is 4.58. The van der Waals surface area contributed by atoms with E-state index in [4.69, 9.17) is 5.41 Å². The van der Waals surface area contributed by atoms with Gasteiger partial charge >= 0.3 is 0 Å². The average molecular weight is 441 g/mol. The van der Waals surface area contributed by atoms with Gasteiger partial charge in [0.15, 0.2) is 0 Å². The summed E-state index contributed by atoms with van der Waals surface area (Å²) in [5, 5.41) is 11.2. The van der Waals surface area contributed by atoms with Crippen LogP contribution in [0.1, 0.15) is 17.0 Å². The van der Waals surface area contributed by atoms with Crippen molar-refractivity contribution in [3.05, 3.63) is 61.6 Å². The van der Waals surface area contributed by atoms with E-state index in [9.17, 15) is 4.79 Å². The fourth-order valence-electron chi connectivity index (χ4n) is 2.34. The molecule has 0 fully saturated rings. The van der Waals surface area contributed by atoms with Gasteiger partial charge in [-0.1, -0.05) is 28.1 Å². The van der Waals surface area contributed by atoms with E-state index in [1.54, 1.807) is 0 Å². The molecule has 0 saturated heterocycles. The summed E-state index contributed by atoms with van der Waals surface area (Å²) >= 11 is 5.63. The lowest BCUT2D eigenvalue weighted by molar-refractivity contribution is -0.115. The molecule has 1 heterocycles. The highest BCUT2D eigenvalue weighted by Crippen LogP contribution is 2.36. The van der Waals surface area contributed by atoms with Crippen molar-refractivity contribution in [1.82, 2.24) is 0 Å². The van der Waals surface area contributed by atoms with Crippen LogP contribution in [-0.2, 0) is 4.79 Å². The van der Waals surface area contributed by atoms with Crippen molar-refractivity contribution in [2.24, 2.45) is 0 Å². The highest BCUT2D eigenvalue weighted by atomic mass is 127. The summed E-state index contributed by atoms with van der Waals surface area (Å²) in [6.07, 6.45) is 0. The van der Waals surface area contributed by atoms with Crippen molar-refractivity contribution in [3.8, 4) is 0 Å². The van der Waals surface area contributed by atoms with Crippen LogP contribution in [0.25, 0.3) is 0 Å². The van der Waals surface area contributed by atoms with Crippen molar-refractivity contribution in [2.45, 2.75) is 5.92 Å². The van der Waals surface area contributed by atoms with Gasteiger partial charge < -0.3 is 10.7 Å². The summed E-state index contributed by atoms with van der Waals surface area (Å²) in [4.78, 5) is 12.2. The Hall–Kier alpha value is -1.21. The summed E-state index contributed by atoms with van der Waals surface area (Å²) in [7, 11) is 0. The molecule has 2 N–H and O–H groups in total. The van der Waals surface area contributed by atoms with E-state index in [0.717, 1.165) is 24.9 Å². The van der Waals surface area contributed by atoms with E-state index < -0.39 is 5.92 Å². The number of carbonyl (C=O) groups is 1. The highest BCUT2D eigenvalue weighted by molar-refractivity contribution is 14.1. The number of fused-ring (bicyclic) bond motifs is 1. The second kappa shape index (κ2) is 5.29. The molecule has 0 saturated carbocycles. The van der Waals surface area contributed by atoms with Crippen molar-refractivity contribution in [1.29, 1.82) is 5.41 Å². The maximum absolute atomic E-state index is 12.2. The van der Waals surface area contributed by atoms with Gasteiger partial charge in [-0.05, 0) is 64.0 Å². The van der Waals surface area contributed by atoms with Gasteiger partial charge in [0.05, 0.1) is 5.71 Å². The fourth-order valence-corrected chi connectivity index (χ4v) is 3.26. The molecule has 3 nitrogen and oxygen atoms in total. The van der Waals surface area contributed by atoms with Gasteiger partial charge in [-0.15, -0.1) is 0 Å². The molecule has 0 aliphatic carbocycles. The van der Waals surface area contributed by atoms with Gasteiger partial charge in [0, 0.05) is 13.7 Å². The Morgan fingerprint density at radius 2 is 2.05 bits per heavy atom. The molecule has 0 radical (unpaired) electrons. The maximum Gasteiger partial charge on any atom is 0.238 e. The topological polar surface area (TPSA) is 53.0 Å². The van der Waals surface area contributed by atoms with Crippen molar-refractivity contribution < 1.29 is 4.79 Å². The van der Waals surface area contributed by atoms with Crippen LogP contribution >= 0.6 is 38.5 Å². The van der Waals surface area contributed by atoms with Crippen LogP contribution in [0.2, 0.25) is 0 Å². The van der Waals surface area contributed by atoms with Gasteiger partial charge in [-0.2, -0.15) is 0 Å². The maximum atomic E-state index is 12.2. The Labute approximate surface area is 138 Å². The predicted octanol–water partition coefficient (Wildman–Crippen LogP) is 4.16. The first kappa shape index (κ1) is 13.8. The molecular formula is C15H10BrIN2O. The molecule has 0 bridgehead atoms. The first-order chi connectivity index (χ1) is 9.56. The van der Waals surface area contributed by atoms with E-state index in [1.807, 2.05) is 42.5 Å². The molecule has 2 aromatic rings. The third kappa shape index (κ3) is 2.40. The summed E-state index contributed by atoms with van der Waals surface area (Å²) in [5.41, 5.74) is 2.76. The number of anilines is 1. The van der Waals surface area contributed by atoms with E-state index in [1.165, 1.54) is 0 Å². The molecule has 100 valence electrons. The fraction of sp³-hybridized carbons (Fsp3) is 0.0667. The number of halogens is 2. The van der Waals surface area contributed by atoms with Gasteiger partial charge in [0.1, 0.15) is 5.92 Å². The van der Waals surface area contributed by atoms with E-state index >= 15 is 0 Å². The molecule has 2 aromatic carbocycles. The molecule has 1 aliphatic heterocycles. The minimum atomic E-state index is -0.541. The third-order valence-electron chi connectivity index (χ3n) is 3.27. The second-order valence-corrected chi connectivity index (χ2v) is 6.74. The monoisotopic (exact) mass is 440 g/mol.